The summed E-state index contributed by atoms with van der Waals surface area (Å²) in [6.45, 7) is 1.43. The average Bonchev–Trinajstić information content (AvgIpc) is 2.84. The average molecular weight is 274 g/mol. The molecule has 20 heavy (non-hydrogen) atoms. The molecule has 0 aliphatic carbocycles. The van der Waals surface area contributed by atoms with Gasteiger partial charge in [0.05, 0.1) is 18.2 Å². The van der Waals surface area contributed by atoms with Crippen LogP contribution in [0.2, 0.25) is 0 Å². The zero-order valence-corrected chi connectivity index (χ0v) is 11.5. The number of likely N-dealkylation sites (tertiary alicyclic amines) is 1. The molecule has 0 bridgehead atoms. The van der Waals surface area contributed by atoms with E-state index in [9.17, 15) is 9.90 Å². The summed E-state index contributed by atoms with van der Waals surface area (Å²) in [5, 5.41) is 18.5. The maximum absolute atomic E-state index is 11.7. The molecule has 1 aliphatic rings. The Morgan fingerprint density at radius 2 is 2.40 bits per heavy atom. The third-order valence-electron chi connectivity index (χ3n) is 3.83. The smallest absolute Gasteiger partial charge is 0.326 e. The Morgan fingerprint density at radius 3 is 3.05 bits per heavy atom. The molecule has 1 saturated heterocycles. The summed E-state index contributed by atoms with van der Waals surface area (Å²) in [5.74, 6) is -0.840. The van der Waals surface area contributed by atoms with Crippen LogP contribution in [0, 0.1) is 11.3 Å². The molecule has 5 heteroatoms. The first kappa shape index (κ1) is 14.5. The number of carbonyl (C=O) groups is 1. The van der Waals surface area contributed by atoms with Gasteiger partial charge < -0.3 is 9.84 Å². The molecule has 5 nitrogen and oxygen atoms in total. The van der Waals surface area contributed by atoms with E-state index in [-0.39, 0.29) is 6.61 Å². The number of carboxylic acid groups (broad SMARTS) is 1. The molecule has 1 aromatic carbocycles. The van der Waals surface area contributed by atoms with Crippen LogP contribution in [-0.2, 0) is 16.1 Å². The van der Waals surface area contributed by atoms with Gasteiger partial charge in [0.2, 0.25) is 0 Å². The third kappa shape index (κ3) is 2.67. The highest BCUT2D eigenvalue weighted by atomic mass is 16.5. The van der Waals surface area contributed by atoms with Crippen LogP contribution in [0.5, 0.6) is 0 Å². The minimum Gasteiger partial charge on any atom is -0.480 e. The van der Waals surface area contributed by atoms with Crippen LogP contribution in [0.4, 0.5) is 0 Å². The number of aliphatic carboxylic acids is 1. The van der Waals surface area contributed by atoms with E-state index in [1.807, 2.05) is 17.0 Å². The Morgan fingerprint density at radius 1 is 1.60 bits per heavy atom. The summed E-state index contributed by atoms with van der Waals surface area (Å²) in [7, 11) is 1.53. The van der Waals surface area contributed by atoms with Gasteiger partial charge in [-0.3, -0.25) is 9.69 Å². The fraction of sp³-hybridized carbons (Fsp3) is 0.467. The third-order valence-corrected chi connectivity index (χ3v) is 3.83. The van der Waals surface area contributed by atoms with Crippen molar-refractivity contribution in [3.05, 3.63) is 35.4 Å². The van der Waals surface area contributed by atoms with Crippen molar-refractivity contribution < 1.29 is 14.6 Å². The van der Waals surface area contributed by atoms with Crippen molar-refractivity contribution in [3.8, 4) is 6.07 Å². The molecule has 0 spiro atoms. The number of benzene rings is 1. The van der Waals surface area contributed by atoms with Crippen molar-refractivity contribution in [2.24, 2.45) is 0 Å². The first-order valence-electron chi connectivity index (χ1n) is 6.59. The lowest BCUT2D eigenvalue weighted by Gasteiger charge is -2.34. The zero-order chi connectivity index (χ0) is 14.6. The number of carboxylic acids is 1. The van der Waals surface area contributed by atoms with Crippen LogP contribution in [0.3, 0.4) is 0 Å². The summed E-state index contributed by atoms with van der Waals surface area (Å²) in [6.07, 6.45) is 1.43. The first-order chi connectivity index (χ1) is 9.62. The number of rotatable bonds is 5. The molecule has 1 atom stereocenters. The summed E-state index contributed by atoms with van der Waals surface area (Å²) in [4.78, 5) is 13.6. The molecule has 0 saturated carbocycles. The van der Waals surface area contributed by atoms with Crippen LogP contribution in [0.1, 0.15) is 24.0 Å². The lowest BCUT2D eigenvalue weighted by molar-refractivity contribution is -0.153. The molecule has 1 aromatic rings. The van der Waals surface area contributed by atoms with Gasteiger partial charge in [0.15, 0.2) is 0 Å². The molecule has 0 aromatic heterocycles. The van der Waals surface area contributed by atoms with E-state index in [0.29, 0.717) is 18.5 Å². The maximum atomic E-state index is 11.7. The van der Waals surface area contributed by atoms with E-state index < -0.39 is 11.5 Å². The van der Waals surface area contributed by atoms with Gasteiger partial charge in [-0.1, -0.05) is 12.1 Å². The second kappa shape index (κ2) is 6.04. The van der Waals surface area contributed by atoms with Crippen molar-refractivity contribution in [1.82, 2.24) is 4.90 Å². The van der Waals surface area contributed by atoms with Crippen molar-refractivity contribution in [2.75, 3.05) is 20.3 Å². The quantitative estimate of drug-likeness (QED) is 0.883. The predicted octanol–water partition coefficient (Wildman–Crippen LogP) is 1.62. The fourth-order valence-electron chi connectivity index (χ4n) is 2.83. The molecule has 0 amide bonds. The molecule has 1 aliphatic heterocycles. The number of nitriles is 1. The summed E-state index contributed by atoms with van der Waals surface area (Å²) in [6, 6.07) is 9.39. The Bertz CT molecular complexity index is 538. The van der Waals surface area contributed by atoms with Crippen molar-refractivity contribution in [3.63, 3.8) is 0 Å². The Hall–Kier alpha value is -1.90. The van der Waals surface area contributed by atoms with Crippen LogP contribution in [0.25, 0.3) is 0 Å². The summed E-state index contributed by atoms with van der Waals surface area (Å²) < 4.78 is 5.13. The van der Waals surface area contributed by atoms with Crippen LogP contribution >= 0.6 is 0 Å². The second-order valence-corrected chi connectivity index (χ2v) is 5.11. The normalized spacial score (nSPS) is 22.6. The van der Waals surface area contributed by atoms with Crippen LogP contribution in [-0.4, -0.2) is 41.8 Å². The van der Waals surface area contributed by atoms with E-state index in [4.69, 9.17) is 10.00 Å². The molecular formula is C15H18N2O3. The maximum Gasteiger partial charge on any atom is 0.326 e. The minimum absolute atomic E-state index is 0.181. The van der Waals surface area contributed by atoms with Gasteiger partial charge >= 0.3 is 5.97 Å². The lowest BCUT2D eigenvalue weighted by Crippen LogP contribution is -2.53. The monoisotopic (exact) mass is 274 g/mol. The minimum atomic E-state index is -0.947. The lowest BCUT2D eigenvalue weighted by atomic mass is 9.96. The number of hydrogen-bond donors (Lipinski definition) is 1. The van der Waals surface area contributed by atoms with Gasteiger partial charge in [0.1, 0.15) is 5.54 Å². The predicted molar refractivity (Wildman–Crippen MR) is 73.0 cm³/mol. The van der Waals surface area contributed by atoms with Crippen molar-refractivity contribution in [1.29, 1.82) is 5.26 Å². The van der Waals surface area contributed by atoms with Gasteiger partial charge in [-0.25, -0.2) is 0 Å². The van der Waals surface area contributed by atoms with Gasteiger partial charge in [0, 0.05) is 13.7 Å². The number of ether oxygens (including phenoxy) is 1. The largest absolute Gasteiger partial charge is 0.480 e. The number of methoxy groups -OCH3 is 1. The molecule has 0 radical (unpaired) electrons. The van der Waals surface area contributed by atoms with Crippen molar-refractivity contribution >= 4 is 5.97 Å². The molecule has 1 N–H and O–H groups in total. The van der Waals surface area contributed by atoms with Gasteiger partial charge in [-0.15, -0.1) is 0 Å². The highest BCUT2D eigenvalue weighted by Crippen LogP contribution is 2.31. The zero-order valence-electron chi connectivity index (χ0n) is 11.5. The number of hydrogen-bond acceptors (Lipinski definition) is 4. The second-order valence-electron chi connectivity index (χ2n) is 5.11. The van der Waals surface area contributed by atoms with Gasteiger partial charge in [-0.05, 0) is 37.1 Å². The first-order valence-corrected chi connectivity index (χ1v) is 6.59. The van der Waals surface area contributed by atoms with Gasteiger partial charge in [0.25, 0.3) is 0 Å². The molecule has 1 heterocycles. The Kier molecular flexibility index (Phi) is 4.38. The molecular weight excluding hydrogens is 256 g/mol. The summed E-state index contributed by atoms with van der Waals surface area (Å²) >= 11 is 0. The van der Waals surface area contributed by atoms with Crippen molar-refractivity contribution in [2.45, 2.75) is 24.9 Å². The van der Waals surface area contributed by atoms with E-state index in [2.05, 4.69) is 6.07 Å². The van der Waals surface area contributed by atoms with Gasteiger partial charge in [-0.2, -0.15) is 5.26 Å². The standard InChI is InChI=1S/C15H18N2O3/c1-20-11-15(14(18)19)6-3-7-17(15)10-13-5-2-4-12(8-13)9-16/h2,4-5,8H,3,6-7,10-11H2,1H3,(H,18,19). The molecule has 1 fully saturated rings. The Balaban J connectivity index is 2.22. The molecule has 106 valence electrons. The van der Waals surface area contributed by atoms with Crippen LogP contribution in [0.15, 0.2) is 24.3 Å². The molecule has 2 rings (SSSR count). The number of nitrogens with zero attached hydrogens (tertiary/aromatic N) is 2. The SMILES string of the molecule is COCC1(C(=O)O)CCCN1Cc1cccc(C#N)c1. The summed E-state index contributed by atoms with van der Waals surface area (Å²) in [5.41, 5.74) is 0.597. The van der Waals surface area contributed by atoms with E-state index in [1.165, 1.54) is 7.11 Å². The Labute approximate surface area is 118 Å². The van der Waals surface area contributed by atoms with E-state index in [0.717, 1.165) is 18.5 Å². The fourth-order valence-corrected chi connectivity index (χ4v) is 2.83. The highest BCUT2D eigenvalue weighted by molar-refractivity contribution is 5.79. The highest BCUT2D eigenvalue weighted by Gasteiger charge is 2.47. The van der Waals surface area contributed by atoms with E-state index >= 15 is 0 Å². The van der Waals surface area contributed by atoms with E-state index in [1.54, 1.807) is 12.1 Å². The van der Waals surface area contributed by atoms with Crippen LogP contribution < -0.4 is 0 Å². The topological polar surface area (TPSA) is 73.6 Å². The molecule has 1 unspecified atom stereocenters.